The molecule has 2 aromatic carbocycles. The van der Waals surface area contributed by atoms with E-state index in [-0.39, 0.29) is 11.4 Å². The number of ether oxygens (including phenoxy) is 1. The van der Waals surface area contributed by atoms with Gasteiger partial charge < -0.3 is 19.7 Å². The average Bonchev–Trinajstić information content (AvgIpc) is 3.19. The summed E-state index contributed by atoms with van der Waals surface area (Å²) >= 11 is 0. The molecule has 4 rings (SSSR count). The van der Waals surface area contributed by atoms with E-state index in [0.29, 0.717) is 54.5 Å². The maximum absolute atomic E-state index is 14.6. The number of carboxylic acid groups (broad SMARTS) is 1. The molecule has 8 heteroatoms. The highest BCUT2D eigenvalue weighted by Crippen LogP contribution is 2.32. The minimum atomic E-state index is -1.00. The van der Waals surface area contributed by atoms with Gasteiger partial charge in [0, 0.05) is 35.8 Å². The second kappa shape index (κ2) is 10.8. The van der Waals surface area contributed by atoms with Gasteiger partial charge in [0.15, 0.2) is 0 Å². The molecule has 0 atom stereocenters. The number of rotatable bonds is 10. The van der Waals surface area contributed by atoms with Crippen LogP contribution in [-0.2, 0) is 13.0 Å². The van der Waals surface area contributed by atoms with E-state index < -0.39 is 5.97 Å². The first-order chi connectivity index (χ1) is 17.3. The Morgan fingerprint density at radius 3 is 2.67 bits per heavy atom. The van der Waals surface area contributed by atoms with Crippen molar-refractivity contribution in [3.05, 3.63) is 70.9 Å². The predicted octanol–water partition coefficient (Wildman–Crippen LogP) is 6.02. The molecule has 0 amide bonds. The van der Waals surface area contributed by atoms with Gasteiger partial charge in [-0.25, -0.2) is 19.2 Å². The fourth-order valence-electron chi connectivity index (χ4n) is 4.60. The number of carboxylic acids is 1. The first kappa shape index (κ1) is 25.2. The summed E-state index contributed by atoms with van der Waals surface area (Å²) in [6.45, 7) is 9.26. The van der Waals surface area contributed by atoms with E-state index >= 15 is 0 Å². The van der Waals surface area contributed by atoms with Gasteiger partial charge in [0.05, 0.1) is 17.8 Å². The molecular weight excluding hydrogens is 459 g/mol. The number of hydrogen-bond donors (Lipinski definition) is 2. The minimum absolute atomic E-state index is 0.201. The number of aromatic nitrogens is 3. The topological polar surface area (TPSA) is 89.3 Å². The number of hydrogen-bond acceptors (Lipinski definition) is 5. The summed E-state index contributed by atoms with van der Waals surface area (Å²) in [6, 6.07) is 10.7. The van der Waals surface area contributed by atoms with Gasteiger partial charge in [0.2, 0.25) is 0 Å². The van der Waals surface area contributed by atoms with E-state index in [2.05, 4.69) is 15.3 Å². The van der Waals surface area contributed by atoms with Crippen molar-refractivity contribution in [3.63, 3.8) is 0 Å². The number of nitrogens with one attached hydrogen (secondary N) is 1. The molecule has 0 saturated heterocycles. The van der Waals surface area contributed by atoms with Gasteiger partial charge in [-0.05, 0) is 62.6 Å². The zero-order chi connectivity index (χ0) is 25.8. The molecule has 0 unspecified atom stereocenters. The van der Waals surface area contributed by atoms with Gasteiger partial charge in [0.1, 0.15) is 29.3 Å². The SMILES string of the molecule is CCCc1cc(-c2cc(NCCn3c(C)cc4c(C)ccc(F)c43)ncn2)cc(OCC)c1C(=O)O. The molecule has 36 heavy (non-hydrogen) atoms. The van der Waals surface area contributed by atoms with Gasteiger partial charge in [0.25, 0.3) is 0 Å². The lowest BCUT2D eigenvalue weighted by molar-refractivity contribution is 0.0691. The van der Waals surface area contributed by atoms with Crippen LogP contribution in [0.1, 0.15) is 47.4 Å². The van der Waals surface area contributed by atoms with Crippen LogP contribution < -0.4 is 10.1 Å². The molecule has 4 aromatic rings. The zero-order valence-corrected chi connectivity index (χ0v) is 21.1. The summed E-state index contributed by atoms with van der Waals surface area (Å²) in [5.74, 6) is -0.266. The van der Waals surface area contributed by atoms with Gasteiger partial charge in [-0.15, -0.1) is 0 Å². The third kappa shape index (κ3) is 5.03. The molecule has 188 valence electrons. The van der Waals surface area contributed by atoms with Crippen LogP contribution in [0.3, 0.4) is 0 Å². The average molecular weight is 491 g/mol. The van der Waals surface area contributed by atoms with Crippen molar-refractivity contribution in [3.8, 4) is 17.0 Å². The second-order valence-corrected chi connectivity index (χ2v) is 8.78. The quantitative estimate of drug-likeness (QED) is 0.283. The number of benzene rings is 2. The summed E-state index contributed by atoms with van der Waals surface area (Å²) in [5, 5.41) is 14.0. The molecule has 0 saturated carbocycles. The van der Waals surface area contributed by atoms with Crippen molar-refractivity contribution in [2.24, 2.45) is 0 Å². The molecule has 0 spiro atoms. The van der Waals surface area contributed by atoms with Crippen LogP contribution in [0.5, 0.6) is 5.75 Å². The lowest BCUT2D eigenvalue weighted by Gasteiger charge is -2.15. The van der Waals surface area contributed by atoms with E-state index in [1.54, 1.807) is 12.1 Å². The van der Waals surface area contributed by atoms with Crippen molar-refractivity contribution < 1.29 is 19.0 Å². The van der Waals surface area contributed by atoms with Crippen LogP contribution in [0, 0.1) is 19.7 Å². The monoisotopic (exact) mass is 490 g/mol. The predicted molar refractivity (Wildman–Crippen MR) is 139 cm³/mol. The Morgan fingerprint density at radius 1 is 1.14 bits per heavy atom. The summed E-state index contributed by atoms with van der Waals surface area (Å²) in [4.78, 5) is 20.7. The maximum Gasteiger partial charge on any atom is 0.339 e. The molecule has 0 aliphatic carbocycles. The molecule has 2 N–H and O–H groups in total. The van der Waals surface area contributed by atoms with E-state index in [1.165, 1.54) is 12.4 Å². The number of aromatic carboxylic acids is 1. The Hall–Kier alpha value is -3.94. The molecule has 0 bridgehead atoms. The molecule has 0 fully saturated rings. The van der Waals surface area contributed by atoms with Crippen molar-refractivity contribution in [1.29, 1.82) is 0 Å². The zero-order valence-electron chi connectivity index (χ0n) is 21.1. The van der Waals surface area contributed by atoms with Gasteiger partial charge in [-0.3, -0.25) is 0 Å². The van der Waals surface area contributed by atoms with Crippen LogP contribution in [0.2, 0.25) is 0 Å². The van der Waals surface area contributed by atoms with Gasteiger partial charge in [-0.1, -0.05) is 19.4 Å². The Labute approximate surface area is 210 Å². The van der Waals surface area contributed by atoms with Crippen molar-refractivity contribution in [2.45, 2.75) is 47.1 Å². The molecule has 0 radical (unpaired) electrons. The minimum Gasteiger partial charge on any atom is -0.493 e. The van der Waals surface area contributed by atoms with Crippen molar-refractivity contribution >= 4 is 22.7 Å². The molecule has 0 aliphatic heterocycles. The molecule has 2 aromatic heterocycles. The number of nitrogens with zero attached hydrogens (tertiary/aromatic N) is 3. The molecule has 2 heterocycles. The number of anilines is 1. The van der Waals surface area contributed by atoms with Crippen LogP contribution in [0.25, 0.3) is 22.2 Å². The highest BCUT2D eigenvalue weighted by molar-refractivity contribution is 5.94. The fraction of sp³-hybridized carbons (Fsp3) is 0.321. The van der Waals surface area contributed by atoms with E-state index in [0.717, 1.165) is 28.6 Å². The first-order valence-corrected chi connectivity index (χ1v) is 12.2. The molecule has 7 nitrogen and oxygen atoms in total. The van der Waals surface area contributed by atoms with Crippen LogP contribution in [0.15, 0.2) is 42.7 Å². The number of halogens is 1. The smallest absolute Gasteiger partial charge is 0.339 e. The van der Waals surface area contributed by atoms with Crippen molar-refractivity contribution in [2.75, 3.05) is 18.5 Å². The summed E-state index contributed by atoms with van der Waals surface area (Å²) in [5.41, 5.74) is 4.99. The third-order valence-electron chi connectivity index (χ3n) is 6.26. The molecular formula is C28H31FN4O3. The Balaban J connectivity index is 1.58. The standard InChI is InChI=1S/C28H31FN4O3/c1-5-7-19-13-20(14-24(36-6-2)26(19)28(34)35)23-15-25(32-16-31-23)30-10-11-33-18(4)12-21-17(3)8-9-22(29)27(21)33/h8-9,12-16H,5-7,10-11H2,1-4H3,(H,34,35)(H,30,31,32). The lowest BCUT2D eigenvalue weighted by atomic mass is 9.97. The van der Waals surface area contributed by atoms with Crippen LogP contribution in [0.4, 0.5) is 10.2 Å². The van der Waals surface area contributed by atoms with E-state index in [4.69, 9.17) is 4.74 Å². The number of aryl methyl sites for hydroxylation is 3. The normalized spacial score (nSPS) is 11.1. The van der Waals surface area contributed by atoms with Crippen molar-refractivity contribution in [1.82, 2.24) is 14.5 Å². The Kier molecular flexibility index (Phi) is 7.52. The van der Waals surface area contributed by atoms with E-state index in [9.17, 15) is 14.3 Å². The number of fused-ring (bicyclic) bond motifs is 1. The second-order valence-electron chi connectivity index (χ2n) is 8.78. The maximum atomic E-state index is 14.6. The third-order valence-corrected chi connectivity index (χ3v) is 6.26. The van der Waals surface area contributed by atoms with E-state index in [1.807, 2.05) is 50.5 Å². The Bertz CT molecular complexity index is 1390. The van der Waals surface area contributed by atoms with Gasteiger partial charge in [-0.2, -0.15) is 0 Å². The first-order valence-electron chi connectivity index (χ1n) is 12.2. The van der Waals surface area contributed by atoms with Crippen LogP contribution in [-0.4, -0.2) is 38.8 Å². The summed E-state index contributed by atoms with van der Waals surface area (Å²) < 4.78 is 22.2. The highest BCUT2D eigenvalue weighted by atomic mass is 19.1. The largest absolute Gasteiger partial charge is 0.493 e. The number of carbonyl (C=O) groups is 1. The highest BCUT2D eigenvalue weighted by Gasteiger charge is 2.19. The summed E-state index contributed by atoms with van der Waals surface area (Å²) in [7, 11) is 0. The fourth-order valence-corrected chi connectivity index (χ4v) is 4.60. The Morgan fingerprint density at radius 2 is 1.94 bits per heavy atom. The lowest BCUT2D eigenvalue weighted by Crippen LogP contribution is -2.13. The van der Waals surface area contributed by atoms with Gasteiger partial charge >= 0.3 is 5.97 Å². The molecule has 0 aliphatic rings. The summed E-state index contributed by atoms with van der Waals surface area (Å²) in [6.07, 6.45) is 2.90. The van der Waals surface area contributed by atoms with Crippen LogP contribution >= 0.6 is 0 Å².